The third-order valence-corrected chi connectivity index (χ3v) is 9.39. The van der Waals surface area contributed by atoms with Crippen LogP contribution in [0.5, 0.6) is 5.88 Å². The van der Waals surface area contributed by atoms with Crippen molar-refractivity contribution in [1.29, 1.82) is 0 Å². The van der Waals surface area contributed by atoms with Gasteiger partial charge in [-0.15, -0.1) is 0 Å². The molecular weight excluding hydrogens is 612 g/mol. The van der Waals surface area contributed by atoms with E-state index < -0.39 is 17.3 Å². The summed E-state index contributed by atoms with van der Waals surface area (Å²) in [6, 6.07) is 8.07. The maximum atomic E-state index is 14.1. The number of nitrogen functional groups attached to an aromatic ring is 1. The van der Waals surface area contributed by atoms with Gasteiger partial charge >= 0.3 is 6.03 Å². The Labute approximate surface area is 263 Å². The number of carbonyl (C=O) groups is 3. The Morgan fingerprint density at radius 3 is 2.52 bits per heavy atom. The molecule has 3 N–H and O–H groups in total. The second kappa shape index (κ2) is 11.7. The highest BCUT2D eigenvalue weighted by atomic mass is 35.5. The minimum atomic E-state index is -0.793. The van der Waals surface area contributed by atoms with E-state index in [-0.39, 0.29) is 39.2 Å². The highest BCUT2D eigenvalue weighted by Gasteiger charge is 2.49. The van der Waals surface area contributed by atoms with E-state index in [4.69, 9.17) is 33.7 Å². The van der Waals surface area contributed by atoms with Gasteiger partial charge in [0.15, 0.2) is 5.82 Å². The van der Waals surface area contributed by atoms with Crippen molar-refractivity contribution in [3.63, 3.8) is 0 Å². The van der Waals surface area contributed by atoms with Crippen LogP contribution in [-0.4, -0.2) is 82.3 Å². The summed E-state index contributed by atoms with van der Waals surface area (Å²) >= 11 is 12.4. The van der Waals surface area contributed by atoms with Crippen molar-refractivity contribution in [3.8, 4) is 17.1 Å². The summed E-state index contributed by atoms with van der Waals surface area (Å²) in [5.41, 5.74) is 8.24. The fraction of sp³-hybridized carbons (Fsp3) is 0.367. The van der Waals surface area contributed by atoms with Crippen LogP contribution in [0, 0.1) is 5.82 Å². The molecular formula is C30H30Cl2FN7O4. The minimum Gasteiger partial charge on any atom is -0.467 e. The molecule has 1 aromatic heterocycles. The molecule has 2 saturated heterocycles. The zero-order valence-corrected chi connectivity index (χ0v) is 25.4. The number of nitrogens with one attached hydrogen (secondary N) is 1. The first kappa shape index (κ1) is 29.9. The van der Waals surface area contributed by atoms with Crippen molar-refractivity contribution in [2.75, 3.05) is 50.3 Å². The molecule has 4 amide bonds. The van der Waals surface area contributed by atoms with Gasteiger partial charge in [-0.05, 0) is 49.6 Å². The Bertz CT molecular complexity index is 1640. The van der Waals surface area contributed by atoms with Crippen LogP contribution >= 0.6 is 23.2 Å². The molecule has 3 aliphatic heterocycles. The zero-order chi connectivity index (χ0) is 31.2. The Hall–Kier alpha value is -4.16. The van der Waals surface area contributed by atoms with Gasteiger partial charge in [0, 0.05) is 61.1 Å². The number of urea groups is 1. The Morgan fingerprint density at radius 1 is 1.11 bits per heavy atom. The quantitative estimate of drug-likeness (QED) is 0.310. The molecule has 3 aromatic rings. The van der Waals surface area contributed by atoms with E-state index >= 15 is 0 Å². The molecule has 0 saturated carbocycles. The summed E-state index contributed by atoms with van der Waals surface area (Å²) in [4.78, 5) is 51.6. The second-order valence-corrected chi connectivity index (χ2v) is 11.9. The van der Waals surface area contributed by atoms with Gasteiger partial charge in [-0.25, -0.2) is 19.2 Å². The summed E-state index contributed by atoms with van der Waals surface area (Å²) in [6.45, 7) is 4.50. The average molecular weight is 643 g/mol. The van der Waals surface area contributed by atoms with Gasteiger partial charge in [0.05, 0.1) is 22.3 Å². The highest BCUT2D eigenvalue weighted by molar-refractivity contribution is 6.36. The number of aromatic nitrogens is 2. The van der Waals surface area contributed by atoms with Crippen molar-refractivity contribution in [2.45, 2.75) is 31.3 Å². The molecule has 4 heterocycles. The lowest BCUT2D eigenvalue weighted by Gasteiger charge is -2.41. The number of nitrogens with two attached hydrogens (primary N) is 1. The first-order valence-electron chi connectivity index (χ1n) is 14.2. The van der Waals surface area contributed by atoms with Gasteiger partial charge in [0.1, 0.15) is 11.9 Å². The van der Waals surface area contributed by atoms with Crippen LogP contribution in [0.3, 0.4) is 0 Å². The third-order valence-electron chi connectivity index (χ3n) is 8.68. The summed E-state index contributed by atoms with van der Waals surface area (Å²) in [5.74, 6) is -0.668. The van der Waals surface area contributed by atoms with Crippen LogP contribution in [0.1, 0.15) is 37.0 Å². The standard InChI is InChI=1S/C30H30Cl2FN7O4/c1-17(24-20(31)3-4-21(33)25(24)32)44-27-26(34)35-15-23(36-27)18-2-5-22-19(14-18)30(28(42)37-22)6-8-39(9-7-30)29(43)40-12-10-38(16-41)11-13-40/h2-5,14-17H,6-13H2,1H3,(H2,34,35)(H,37,42)/t17-/m1/s1. The number of anilines is 2. The molecule has 1 atom stereocenters. The number of ether oxygens (including phenoxy) is 1. The molecule has 3 aliphatic rings. The monoisotopic (exact) mass is 641 g/mol. The SMILES string of the molecule is C[C@@H](Oc1nc(-c2ccc3c(c2)C2(CCN(C(=O)N4CCN(C=O)CC4)CC2)C(=O)N3)cnc1N)c1c(Cl)ccc(F)c1Cl. The van der Waals surface area contributed by atoms with Crippen molar-refractivity contribution in [1.82, 2.24) is 24.7 Å². The normalized spacial score (nSPS) is 18.2. The third kappa shape index (κ3) is 5.26. The first-order chi connectivity index (χ1) is 21.1. The molecule has 2 aromatic carbocycles. The van der Waals surface area contributed by atoms with Gasteiger partial charge in [-0.1, -0.05) is 29.3 Å². The fourth-order valence-corrected chi connectivity index (χ4v) is 6.79. The number of hydrogen-bond donors (Lipinski definition) is 2. The lowest BCUT2D eigenvalue weighted by Crippen LogP contribution is -2.55. The number of hydrogen-bond acceptors (Lipinski definition) is 7. The van der Waals surface area contributed by atoms with Gasteiger partial charge in [0.25, 0.3) is 5.88 Å². The van der Waals surface area contributed by atoms with Crippen LogP contribution in [0.4, 0.5) is 20.7 Å². The van der Waals surface area contributed by atoms with E-state index in [1.54, 1.807) is 21.6 Å². The first-order valence-corrected chi connectivity index (χ1v) is 15.0. The molecule has 11 nitrogen and oxygen atoms in total. The number of likely N-dealkylation sites (tertiary alicyclic amines) is 1. The summed E-state index contributed by atoms with van der Waals surface area (Å²) in [5, 5.41) is 3.09. The maximum Gasteiger partial charge on any atom is 0.320 e. The number of halogens is 3. The van der Waals surface area contributed by atoms with Gasteiger partial charge in [0.2, 0.25) is 12.3 Å². The number of rotatable bonds is 5. The average Bonchev–Trinajstić information content (AvgIpc) is 3.29. The zero-order valence-electron chi connectivity index (χ0n) is 23.9. The largest absolute Gasteiger partial charge is 0.467 e. The maximum absolute atomic E-state index is 14.1. The number of amides is 4. The van der Waals surface area contributed by atoms with Gasteiger partial charge in [-0.2, -0.15) is 0 Å². The summed E-state index contributed by atoms with van der Waals surface area (Å²) in [6.07, 6.45) is 2.46. The summed E-state index contributed by atoms with van der Waals surface area (Å²) in [7, 11) is 0. The fourth-order valence-electron chi connectivity index (χ4n) is 6.12. The van der Waals surface area contributed by atoms with Gasteiger partial charge < -0.3 is 30.5 Å². The molecule has 14 heteroatoms. The Kier molecular flexibility index (Phi) is 7.97. The smallest absolute Gasteiger partial charge is 0.320 e. The van der Waals surface area contributed by atoms with Crippen molar-refractivity contribution in [2.24, 2.45) is 0 Å². The molecule has 2 fully saturated rings. The number of piperidine rings is 1. The predicted molar refractivity (Wildman–Crippen MR) is 163 cm³/mol. The number of fused-ring (bicyclic) bond motifs is 2. The number of benzene rings is 2. The Morgan fingerprint density at radius 2 is 1.82 bits per heavy atom. The van der Waals surface area contributed by atoms with Crippen molar-refractivity contribution in [3.05, 3.63) is 63.5 Å². The second-order valence-electron chi connectivity index (χ2n) is 11.2. The van der Waals surface area contributed by atoms with Gasteiger partial charge in [-0.3, -0.25) is 9.59 Å². The number of nitrogens with zero attached hydrogens (tertiary/aromatic N) is 5. The van der Waals surface area contributed by atoms with E-state index in [0.717, 1.165) is 12.0 Å². The van der Waals surface area contributed by atoms with E-state index in [0.29, 0.717) is 69.1 Å². The molecule has 0 bridgehead atoms. The predicted octanol–water partition coefficient (Wildman–Crippen LogP) is 4.49. The van der Waals surface area contributed by atoms with Crippen LogP contribution in [0.2, 0.25) is 10.0 Å². The lowest BCUT2D eigenvalue weighted by atomic mass is 9.73. The summed E-state index contributed by atoms with van der Waals surface area (Å²) < 4.78 is 20.1. The molecule has 230 valence electrons. The highest BCUT2D eigenvalue weighted by Crippen LogP contribution is 2.46. The molecule has 6 rings (SSSR count). The molecule has 44 heavy (non-hydrogen) atoms. The van der Waals surface area contributed by atoms with E-state index in [2.05, 4.69) is 15.3 Å². The van der Waals surface area contributed by atoms with Crippen LogP contribution in [0.25, 0.3) is 11.3 Å². The number of carbonyl (C=O) groups excluding carboxylic acids is 3. The van der Waals surface area contributed by atoms with Crippen LogP contribution in [0.15, 0.2) is 36.5 Å². The molecule has 1 spiro atoms. The van der Waals surface area contributed by atoms with Crippen LogP contribution < -0.4 is 15.8 Å². The molecule has 0 unspecified atom stereocenters. The Balaban J connectivity index is 1.21. The van der Waals surface area contributed by atoms with Crippen molar-refractivity contribution >= 4 is 53.1 Å². The van der Waals surface area contributed by atoms with E-state index in [1.807, 2.05) is 18.2 Å². The molecule has 0 radical (unpaired) electrons. The van der Waals surface area contributed by atoms with E-state index in [1.165, 1.54) is 18.3 Å². The minimum absolute atomic E-state index is 0.0246. The van der Waals surface area contributed by atoms with Crippen LogP contribution in [-0.2, 0) is 15.0 Å². The topological polar surface area (TPSA) is 134 Å². The molecule has 0 aliphatic carbocycles. The van der Waals surface area contributed by atoms with E-state index in [9.17, 15) is 18.8 Å². The number of piperazine rings is 1. The van der Waals surface area contributed by atoms with Crippen molar-refractivity contribution < 1.29 is 23.5 Å². The lowest BCUT2D eigenvalue weighted by molar-refractivity contribution is -0.122.